The Morgan fingerprint density at radius 2 is 2.35 bits per heavy atom. The summed E-state index contributed by atoms with van der Waals surface area (Å²) in [6.45, 7) is 5.66. The van der Waals surface area contributed by atoms with E-state index in [1.54, 1.807) is 0 Å². The lowest BCUT2D eigenvalue weighted by Gasteiger charge is -2.14. The highest BCUT2D eigenvalue weighted by atomic mass is 35.5. The summed E-state index contributed by atoms with van der Waals surface area (Å²) in [5, 5.41) is 0. The van der Waals surface area contributed by atoms with Gasteiger partial charge in [-0.3, -0.25) is 0 Å². The van der Waals surface area contributed by atoms with Gasteiger partial charge in [0.25, 0.3) is 0 Å². The van der Waals surface area contributed by atoms with Gasteiger partial charge in [-0.2, -0.15) is 0 Å². The van der Waals surface area contributed by atoms with Gasteiger partial charge in [-0.15, -0.1) is 11.6 Å². The van der Waals surface area contributed by atoms with Crippen LogP contribution in [0.1, 0.15) is 37.4 Å². The van der Waals surface area contributed by atoms with Crippen LogP contribution in [0.4, 0.5) is 0 Å². The Morgan fingerprint density at radius 3 is 2.94 bits per heavy atom. The molecule has 0 N–H and O–H groups in total. The average molecular weight is 256 g/mol. The van der Waals surface area contributed by atoms with Crippen LogP contribution in [0, 0.1) is 0 Å². The fourth-order valence-electron chi connectivity index (χ4n) is 1.79. The predicted octanol–water partition coefficient (Wildman–Crippen LogP) is 3.11. The molecule has 2 rings (SSSR count). The molecule has 0 aromatic carbocycles. The molecule has 0 radical (unpaired) electrons. The molecule has 1 atom stereocenters. The number of halogens is 1. The number of hydrogen-bond acceptors (Lipinski definition) is 3. The second-order valence-electron chi connectivity index (χ2n) is 4.63. The summed E-state index contributed by atoms with van der Waals surface area (Å²) in [6, 6.07) is 3.95. The monoisotopic (exact) mass is 255 g/mol. The maximum absolute atomic E-state index is 5.88. The van der Waals surface area contributed by atoms with Crippen molar-refractivity contribution in [2.24, 2.45) is 0 Å². The summed E-state index contributed by atoms with van der Waals surface area (Å²) in [5.74, 6) is 1.53. The lowest BCUT2D eigenvalue weighted by molar-refractivity contribution is 0.138. The molecular weight excluding hydrogens is 238 g/mol. The Hall–Kier alpha value is -0.800. The minimum absolute atomic E-state index is 0.132. The van der Waals surface area contributed by atoms with Crippen molar-refractivity contribution in [3.8, 4) is 5.88 Å². The number of alkyl halides is 1. The Bertz CT molecular complexity index is 376. The summed E-state index contributed by atoms with van der Waals surface area (Å²) in [6.07, 6.45) is 1.07. The molecule has 0 aliphatic carbocycles. The summed E-state index contributed by atoms with van der Waals surface area (Å²) in [7, 11) is 0. The quantitative estimate of drug-likeness (QED) is 0.775. The number of rotatable bonds is 4. The van der Waals surface area contributed by atoms with Gasteiger partial charge in [-0.25, -0.2) is 4.98 Å². The van der Waals surface area contributed by atoms with Crippen LogP contribution < -0.4 is 4.74 Å². The van der Waals surface area contributed by atoms with Gasteiger partial charge in [0.15, 0.2) is 0 Å². The van der Waals surface area contributed by atoms with Gasteiger partial charge in [-0.1, -0.05) is 13.8 Å². The molecule has 0 amide bonds. The topological polar surface area (TPSA) is 31.4 Å². The Morgan fingerprint density at radius 1 is 1.53 bits per heavy atom. The van der Waals surface area contributed by atoms with Crippen molar-refractivity contribution < 1.29 is 9.47 Å². The van der Waals surface area contributed by atoms with E-state index >= 15 is 0 Å². The largest absolute Gasteiger partial charge is 0.472 e. The minimum Gasteiger partial charge on any atom is -0.472 e. The highest BCUT2D eigenvalue weighted by Gasteiger charge is 2.18. The summed E-state index contributed by atoms with van der Waals surface area (Å²) < 4.78 is 11.1. The van der Waals surface area contributed by atoms with Crippen molar-refractivity contribution in [1.82, 2.24) is 4.98 Å². The first-order valence-electron chi connectivity index (χ1n) is 6.00. The maximum Gasteiger partial charge on any atom is 0.214 e. The molecule has 1 fully saturated rings. The van der Waals surface area contributed by atoms with Crippen LogP contribution in [0.2, 0.25) is 0 Å². The van der Waals surface area contributed by atoms with E-state index in [9.17, 15) is 0 Å². The molecule has 2 heterocycles. The van der Waals surface area contributed by atoms with E-state index in [4.69, 9.17) is 21.1 Å². The third-order valence-electron chi connectivity index (χ3n) is 2.80. The normalized spacial score (nSPS) is 19.9. The van der Waals surface area contributed by atoms with E-state index in [-0.39, 0.29) is 6.10 Å². The minimum atomic E-state index is 0.132. The van der Waals surface area contributed by atoms with Gasteiger partial charge in [0, 0.05) is 24.1 Å². The van der Waals surface area contributed by atoms with Crippen LogP contribution in [0.3, 0.4) is 0 Å². The van der Waals surface area contributed by atoms with E-state index in [1.165, 1.54) is 0 Å². The molecule has 1 aliphatic rings. The van der Waals surface area contributed by atoms with Crippen LogP contribution in [-0.2, 0) is 10.6 Å². The standard InChI is InChI=1S/C13H18ClNO2/c1-9(2)12-5-10(7-14)6-13(15-12)17-11-3-4-16-8-11/h5-6,9,11H,3-4,7-8H2,1-2H3. The lowest BCUT2D eigenvalue weighted by atomic mass is 10.1. The number of nitrogens with zero attached hydrogens (tertiary/aromatic N) is 1. The Balaban J connectivity index is 2.16. The fourth-order valence-corrected chi connectivity index (χ4v) is 1.95. The first-order chi connectivity index (χ1) is 8.19. The van der Waals surface area contributed by atoms with Gasteiger partial charge < -0.3 is 9.47 Å². The molecule has 94 valence electrons. The molecule has 1 unspecified atom stereocenters. The van der Waals surface area contributed by atoms with Gasteiger partial charge in [0.2, 0.25) is 5.88 Å². The lowest BCUT2D eigenvalue weighted by Crippen LogP contribution is -2.17. The molecule has 4 heteroatoms. The number of aromatic nitrogens is 1. The van der Waals surface area contributed by atoms with Crippen molar-refractivity contribution in [3.05, 3.63) is 23.4 Å². The van der Waals surface area contributed by atoms with Crippen LogP contribution in [0.15, 0.2) is 12.1 Å². The number of hydrogen-bond donors (Lipinski definition) is 0. The van der Waals surface area contributed by atoms with Gasteiger partial charge in [0.05, 0.1) is 13.2 Å². The molecule has 0 spiro atoms. The van der Waals surface area contributed by atoms with Crippen molar-refractivity contribution in [1.29, 1.82) is 0 Å². The smallest absolute Gasteiger partial charge is 0.214 e. The van der Waals surface area contributed by atoms with E-state index in [2.05, 4.69) is 18.8 Å². The second kappa shape index (κ2) is 5.69. The van der Waals surface area contributed by atoms with Crippen molar-refractivity contribution >= 4 is 11.6 Å². The van der Waals surface area contributed by atoms with Crippen LogP contribution >= 0.6 is 11.6 Å². The van der Waals surface area contributed by atoms with Crippen LogP contribution in [0.25, 0.3) is 0 Å². The molecule has 1 aromatic rings. The third kappa shape index (κ3) is 3.33. The zero-order chi connectivity index (χ0) is 12.3. The van der Waals surface area contributed by atoms with Crippen molar-refractivity contribution in [2.75, 3.05) is 13.2 Å². The van der Waals surface area contributed by atoms with E-state index in [0.29, 0.717) is 24.3 Å². The zero-order valence-electron chi connectivity index (χ0n) is 10.3. The van der Waals surface area contributed by atoms with Gasteiger partial charge >= 0.3 is 0 Å². The number of pyridine rings is 1. The highest BCUT2D eigenvalue weighted by Crippen LogP contribution is 2.22. The fraction of sp³-hybridized carbons (Fsp3) is 0.615. The molecule has 3 nitrogen and oxygen atoms in total. The summed E-state index contributed by atoms with van der Waals surface area (Å²) >= 11 is 5.88. The van der Waals surface area contributed by atoms with E-state index in [0.717, 1.165) is 24.3 Å². The molecule has 0 saturated carbocycles. The Labute approximate surface area is 107 Å². The molecule has 1 aliphatic heterocycles. The summed E-state index contributed by atoms with van der Waals surface area (Å²) in [5.41, 5.74) is 2.08. The van der Waals surface area contributed by atoms with Crippen molar-refractivity contribution in [2.45, 2.75) is 38.2 Å². The maximum atomic E-state index is 5.88. The molecular formula is C13H18ClNO2. The molecule has 1 aromatic heterocycles. The van der Waals surface area contributed by atoms with Crippen LogP contribution in [0.5, 0.6) is 5.88 Å². The summed E-state index contributed by atoms with van der Waals surface area (Å²) in [4.78, 5) is 4.51. The van der Waals surface area contributed by atoms with E-state index < -0.39 is 0 Å². The SMILES string of the molecule is CC(C)c1cc(CCl)cc(OC2CCOC2)n1. The van der Waals surface area contributed by atoms with Gasteiger partial charge in [0.1, 0.15) is 6.10 Å². The first-order valence-corrected chi connectivity index (χ1v) is 6.53. The zero-order valence-corrected chi connectivity index (χ0v) is 11.0. The Kier molecular flexibility index (Phi) is 4.24. The van der Waals surface area contributed by atoms with Crippen LogP contribution in [-0.4, -0.2) is 24.3 Å². The first kappa shape index (κ1) is 12.7. The number of ether oxygens (including phenoxy) is 2. The van der Waals surface area contributed by atoms with Crippen molar-refractivity contribution in [3.63, 3.8) is 0 Å². The predicted molar refractivity (Wildman–Crippen MR) is 67.7 cm³/mol. The second-order valence-corrected chi connectivity index (χ2v) is 4.90. The molecule has 0 bridgehead atoms. The third-order valence-corrected chi connectivity index (χ3v) is 3.11. The highest BCUT2D eigenvalue weighted by molar-refractivity contribution is 6.17. The van der Waals surface area contributed by atoms with E-state index in [1.807, 2.05) is 12.1 Å². The average Bonchev–Trinajstić information content (AvgIpc) is 2.81. The van der Waals surface area contributed by atoms with Gasteiger partial charge in [-0.05, 0) is 17.5 Å². The molecule has 1 saturated heterocycles. The molecule has 17 heavy (non-hydrogen) atoms.